The molecule has 0 unspecified atom stereocenters. The van der Waals surface area contributed by atoms with Gasteiger partial charge >= 0.3 is 5.97 Å². The summed E-state index contributed by atoms with van der Waals surface area (Å²) in [6.07, 6.45) is 3.32. The lowest BCUT2D eigenvalue weighted by Gasteiger charge is -2.26. The van der Waals surface area contributed by atoms with Gasteiger partial charge < -0.3 is 10.0 Å². The second-order valence-corrected chi connectivity index (χ2v) is 3.04. The monoisotopic (exact) mass is 173 g/mol. The first-order valence-corrected chi connectivity index (χ1v) is 4.15. The van der Waals surface area contributed by atoms with Gasteiger partial charge in [-0.1, -0.05) is 12.2 Å². The molecule has 0 aromatic carbocycles. The van der Waals surface area contributed by atoms with Crippen LogP contribution < -0.4 is 0 Å². The number of thiocarbonyl (C=S) groups is 1. The fraction of sp³-hybridized carbons (Fsp3) is 0.714. The molecule has 1 rings (SSSR count). The highest BCUT2D eigenvalue weighted by Crippen LogP contribution is 2.09. The van der Waals surface area contributed by atoms with Crippen LogP contribution >= 0.6 is 12.2 Å². The van der Waals surface area contributed by atoms with Gasteiger partial charge in [-0.2, -0.15) is 0 Å². The SMILES string of the molecule is O=C(O)C(=S)N1CCCCC1. The van der Waals surface area contributed by atoms with Gasteiger partial charge in [0.25, 0.3) is 0 Å². The summed E-state index contributed by atoms with van der Waals surface area (Å²) >= 11 is 4.72. The lowest BCUT2D eigenvalue weighted by molar-refractivity contribution is -0.129. The van der Waals surface area contributed by atoms with Crippen LogP contribution in [-0.2, 0) is 4.79 Å². The standard InChI is InChI=1S/C7H11NO2S/c9-7(10)6(11)8-4-2-1-3-5-8/h1-5H2,(H,9,10). The maximum atomic E-state index is 10.4. The summed E-state index contributed by atoms with van der Waals surface area (Å²) in [5.74, 6) is -0.970. The predicted octanol–water partition coefficient (Wildman–Crippen LogP) is 0.884. The Bertz CT molecular complexity index is 175. The number of aliphatic carboxylic acids is 1. The normalized spacial score (nSPS) is 18.0. The third-order valence-corrected chi connectivity index (χ3v) is 2.26. The van der Waals surface area contributed by atoms with Gasteiger partial charge in [0.2, 0.25) is 0 Å². The molecule has 0 atom stereocenters. The van der Waals surface area contributed by atoms with Crippen LogP contribution in [0, 0.1) is 0 Å². The number of nitrogens with zero attached hydrogens (tertiary/aromatic N) is 1. The Labute approximate surface area is 71.0 Å². The molecule has 0 aromatic heterocycles. The van der Waals surface area contributed by atoms with Crippen molar-refractivity contribution in [2.75, 3.05) is 13.1 Å². The Morgan fingerprint density at radius 3 is 2.27 bits per heavy atom. The molecule has 1 aliphatic rings. The number of hydrogen-bond acceptors (Lipinski definition) is 2. The fourth-order valence-corrected chi connectivity index (χ4v) is 1.41. The Morgan fingerprint density at radius 1 is 1.27 bits per heavy atom. The first kappa shape index (κ1) is 8.46. The van der Waals surface area contributed by atoms with E-state index < -0.39 is 5.97 Å². The molecule has 0 amide bonds. The third-order valence-electron chi connectivity index (χ3n) is 1.83. The first-order chi connectivity index (χ1) is 5.22. The van der Waals surface area contributed by atoms with Gasteiger partial charge in [0.05, 0.1) is 0 Å². The number of hydrogen-bond donors (Lipinski definition) is 1. The van der Waals surface area contributed by atoms with Crippen molar-refractivity contribution < 1.29 is 9.90 Å². The average molecular weight is 173 g/mol. The lowest BCUT2D eigenvalue weighted by atomic mass is 10.1. The third kappa shape index (κ3) is 2.15. The highest BCUT2D eigenvalue weighted by atomic mass is 32.1. The molecule has 1 aliphatic heterocycles. The molecule has 11 heavy (non-hydrogen) atoms. The second-order valence-electron chi connectivity index (χ2n) is 2.66. The van der Waals surface area contributed by atoms with Crippen molar-refractivity contribution in [3.63, 3.8) is 0 Å². The van der Waals surface area contributed by atoms with Gasteiger partial charge in [-0.15, -0.1) is 0 Å². The van der Waals surface area contributed by atoms with Gasteiger partial charge in [0.1, 0.15) is 0 Å². The van der Waals surface area contributed by atoms with Gasteiger partial charge in [-0.25, -0.2) is 4.79 Å². The molecule has 1 N–H and O–H groups in total. The van der Waals surface area contributed by atoms with E-state index in [0.717, 1.165) is 25.9 Å². The van der Waals surface area contributed by atoms with Crippen LogP contribution in [0.3, 0.4) is 0 Å². The molecule has 0 aliphatic carbocycles. The first-order valence-electron chi connectivity index (χ1n) is 3.74. The van der Waals surface area contributed by atoms with Crippen molar-refractivity contribution in [2.24, 2.45) is 0 Å². The summed E-state index contributed by atoms with van der Waals surface area (Å²) in [4.78, 5) is 12.3. The van der Waals surface area contributed by atoms with E-state index in [0.29, 0.717) is 0 Å². The lowest BCUT2D eigenvalue weighted by Crippen LogP contribution is -2.38. The topological polar surface area (TPSA) is 40.5 Å². The Hall–Kier alpha value is -0.640. The molecule has 1 heterocycles. The minimum atomic E-state index is -0.970. The van der Waals surface area contributed by atoms with Crippen LogP contribution in [0.4, 0.5) is 0 Å². The zero-order chi connectivity index (χ0) is 8.27. The van der Waals surface area contributed by atoms with E-state index in [1.54, 1.807) is 4.90 Å². The Kier molecular flexibility index (Phi) is 2.82. The van der Waals surface area contributed by atoms with E-state index in [1.807, 2.05) is 0 Å². The molecule has 4 heteroatoms. The number of likely N-dealkylation sites (tertiary alicyclic amines) is 1. The fourth-order valence-electron chi connectivity index (χ4n) is 1.23. The number of rotatable bonds is 0. The zero-order valence-electron chi connectivity index (χ0n) is 6.25. The summed E-state index contributed by atoms with van der Waals surface area (Å²) in [6.45, 7) is 1.62. The molecule has 62 valence electrons. The van der Waals surface area contributed by atoms with E-state index in [-0.39, 0.29) is 4.99 Å². The quantitative estimate of drug-likeness (QED) is 0.552. The Morgan fingerprint density at radius 2 is 1.82 bits per heavy atom. The predicted molar refractivity (Wildman–Crippen MR) is 45.7 cm³/mol. The summed E-state index contributed by atoms with van der Waals surface area (Å²) in [5.41, 5.74) is 0. The molecule has 0 bridgehead atoms. The van der Waals surface area contributed by atoms with Gasteiger partial charge in [-0.3, -0.25) is 0 Å². The number of carboxylic acids is 1. The summed E-state index contributed by atoms with van der Waals surface area (Å²) in [7, 11) is 0. The van der Waals surface area contributed by atoms with E-state index in [9.17, 15) is 4.79 Å². The van der Waals surface area contributed by atoms with E-state index >= 15 is 0 Å². The van der Waals surface area contributed by atoms with Crippen LogP contribution in [0.1, 0.15) is 19.3 Å². The summed E-state index contributed by atoms with van der Waals surface area (Å²) < 4.78 is 0. The molecular formula is C7H11NO2S. The minimum absolute atomic E-state index is 0.0738. The molecule has 0 saturated carbocycles. The smallest absolute Gasteiger partial charge is 0.363 e. The van der Waals surface area contributed by atoms with E-state index in [2.05, 4.69) is 0 Å². The molecule has 0 radical (unpaired) electrons. The second kappa shape index (κ2) is 3.67. The van der Waals surface area contributed by atoms with Crippen LogP contribution in [0.5, 0.6) is 0 Å². The van der Waals surface area contributed by atoms with Crippen molar-refractivity contribution in [3.8, 4) is 0 Å². The highest BCUT2D eigenvalue weighted by Gasteiger charge is 2.17. The van der Waals surface area contributed by atoms with Crippen molar-refractivity contribution in [2.45, 2.75) is 19.3 Å². The maximum Gasteiger partial charge on any atom is 0.363 e. The van der Waals surface area contributed by atoms with Gasteiger partial charge in [0, 0.05) is 13.1 Å². The van der Waals surface area contributed by atoms with Crippen molar-refractivity contribution in [1.29, 1.82) is 0 Å². The number of piperidine rings is 1. The number of carbonyl (C=O) groups is 1. The van der Waals surface area contributed by atoms with Crippen molar-refractivity contribution >= 4 is 23.2 Å². The summed E-state index contributed by atoms with van der Waals surface area (Å²) in [5, 5.41) is 8.55. The van der Waals surface area contributed by atoms with Crippen LogP contribution in [-0.4, -0.2) is 34.1 Å². The number of carboxylic acid groups (broad SMARTS) is 1. The zero-order valence-corrected chi connectivity index (χ0v) is 7.06. The van der Waals surface area contributed by atoms with Crippen LogP contribution in [0.15, 0.2) is 0 Å². The van der Waals surface area contributed by atoms with Crippen molar-refractivity contribution in [1.82, 2.24) is 4.90 Å². The largest absolute Gasteiger partial charge is 0.476 e. The van der Waals surface area contributed by atoms with Gasteiger partial charge in [-0.05, 0) is 19.3 Å². The molecular weight excluding hydrogens is 162 g/mol. The molecule has 0 aromatic rings. The summed E-state index contributed by atoms with van der Waals surface area (Å²) in [6, 6.07) is 0. The minimum Gasteiger partial charge on any atom is -0.476 e. The molecule has 0 spiro atoms. The average Bonchev–Trinajstić information content (AvgIpc) is 2.05. The molecule has 3 nitrogen and oxygen atoms in total. The van der Waals surface area contributed by atoms with Crippen LogP contribution in [0.2, 0.25) is 0 Å². The van der Waals surface area contributed by atoms with Gasteiger partial charge in [0.15, 0.2) is 4.99 Å². The van der Waals surface area contributed by atoms with Crippen molar-refractivity contribution in [3.05, 3.63) is 0 Å². The van der Waals surface area contributed by atoms with Crippen LogP contribution in [0.25, 0.3) is 0 Å². The highest BCUT2D eigenvalue weighted by molar-refractivity contribution is 7.81. The van der Waals surface area contributed by atoms with E-state index in [4.69, 9.17) is 17.3 Å². The molecule has 1 saturated heterocycles. The Balaban J connectivity index is 2.45. The van der Waals surface area contributed by atoms with E-state index in [1.165, 1.54) is 6.42 Å². The maximum absolute atomic E-state index is 10.4. The molecule has 1 fully saturated rings.